The Balaban J connectivity index is 1.64. The number of thioether (sulfide) groups is 1. The Labute approximate surface area is 154 Å². The van der Waals surface area contributed by atoms with Gasteiger partial charge in [0.1, 0.15) is 5.03 Å². The maximum Gasteiger partial charge on any atom is 0.270 e. The molecule has 0 fully saturated rings. The van der Waals surface area contributed by atoms with Gasteiger partial charge < -0.3 is 0 Å². The molecule has 0 N–H and O–H groups in total. The molecule has 6 nitrogen and oxygen atoms in total. The number of carbonyl (C=O) groups is 1. The van der Waals surface area contributed by atoms with Crippen LogP contribution in [0.2, 0.25) is 0 Å². The van der Waals surface area contributed by atoms with Crippen LogP contribution in [0.1, 0.15) is 15.9 Å². The van der Waals surface area contributed by atoms with Gasteiger partial charge in [0.15, 0.2) is 5.78 Å². The molecule has 0 bridgehead atoms. The average Bonchev–Trinajstić information content (AvgIpc) is 2.67. The molecule has 26 heavy (non-hydrogen) atoms. The van der Waals surface area contributed by atoms with Gasteiger partial charge in [-0.05, 0) is 19.1 Å². The van der Waals surface area contributed by atoms with Crippen LogP contribution >= 0.6 is 11.8 Å². The number of hydrogen-bond acceptors (Lipinski definition) is 6. The van der Waals surface area contributed by atoms with E-state index in [1.807, 2.05) is 43.3 Å². The summed E-state index contributed by atoms with van der Waals surface area (Å²) in [6.45, 7) is 2.02. The van der Waals surface area contributed by atoms with Gasteiger partial charge in [-0.2, -0.15) is 0 Å². The third-order valence-corrected chi connectivity index (χ3v) is 4.64. The molecule has 7 heteroatoms. The molecule has 0 atom stereocenters. The van der Waals surface area contributed by atoms with Crippen LogP contribution in [0.25, 0.3) is 11.3 Å². The van der Waals surface area contributed by atoms with Crippen molar-refractivity contribution in [2.24, 2.45) is 0 Å². The zero-order valence-electron chi connectivity index (χ0n) is 14.0. The first kappa shape index (κ1) is 17.8. The largest absolute Gasteiger partial charge is 0.293 e. The smallest absolute Gasteiger partial charge is 0.270 e. The number of hydrogen-bond donors (Lipinski definition) is 0. The van der Waals surface area contributed by atoms with Crippen LogP contribution in [-0.2, 0) is 0 Å². The van der Waals surface area contributed by atoms with E-state index in [-0.39, 0.29) is 17.2 Å². The second kappa shape index (κ2) is 7.88. The van der Waals surface area contributed by atoms with E-state index in [2.05, 4.69) is 10.2 Å². The fourth-order valence-electron chi connectivity index (χ4n) is 2.29. The van der Waals surface area contributed by atoms with E-state index in [1.54, 1.807) is 6.07 Å². The number of nitro benzene ring substituents is 1. The first-order valence-electron chi connectivity index (χ1n) is 7.84. The lowest BCUT2D eigenvalue weighted by molar-refractivity contribution is -0.384. The molecule has 0 radical (unpaired) electrons. The van der Waals surface area contributed by atoms with Crippen LogP contribution in [0.4, 0.5) is 5.69 Å². The third kappa shape index (κ3) is 4.31. The molecule has 0 aliphatic carbocycles. The van der Waals surface area contributed by atoms with Crippen molar-refractivity contribution in [3.05, 3.63) is 81.9 Å². The number of nitrogens with zero attached hydrogens (tertiary/aromatic N) is 3. The number of benzene rings is 2. The summed E-state index contributed by atoms with van der Waals surface area (Å²) in [5.41, 5.74) is 3.14. The van der Waals surface area contributed by atoms with Gasteiger partial charge in [0.25, 0.3) is 5.69 Å². The monoisotopic (exact) mass is 365 g/mol. The van der Waals surface area contributed by atoms with Crippen molar-refractivity contribution in [1.29, 1.82) is 0 Å². The topological polar surface area (TPSA) is 86.0 Å². The third-order valence-electron chi connectivity index (χ3n) is 3.72. The van der Waals surface area contributed by atoms with E-state index in [4.69, 9.17) is 0 Å². The van der Waals surface area contributed by atoms with Crippen molar-refractivity contribution in [3.63, 3.8) is 0 Å². The molecule has 3 aromatic rings. The summed E-state index contributed by atoms with van der Waals surface area (Å²) in [6, 6.07) is 17.4. The van der Waals surface area contributed by atoms with Crippen LogP contribution in [0.3, 0.4) is 0 Å². The molecule has 1 heterocycles. The van der Waals surface area contributed by atoms with E-state index in [1.165, 1.54) is 35.5 Å². The van der Waals surface area contributed by atoms with Crippen molar-refractivity contribution in [2.45, 2.75) is 11.9 Å². The normalized spacial score (nSPS) is 10.5. The minimum Gasteiger partial charge on any atom is -0.293 e. The van der Waals surface area contributed by atoms with E-state index in [9.17, 15) is 14.9 Å². The average molecular weight is 365 g/mol. The zero-order valence-corrected chi connectivity index (χ0v) is 14.8. The summed E-state index contributed by atoms with van der Waals surface area (Å²) in [4.78, 5) is 22.5. The maximum absolute atomic E-state index is 12.2. The number of non-ortho nitro benzene ring substituents is 1. The molecule has 1 aromatic heterocycles. The number of rotatable bonds is 6. The predicted octanol–water partition coefficient (Wildman–Crippen LogP) is 4.34. The predicted molar refractivity (Wildman–Crippen MR) is 100 cm³/mol. The van der Waals surface area contributed by atoms with Crippen molar-refractivity contribution >= 4 is 23.2 Å². The summed E-state index contributed by atoms with van der Waals surface area (Å²) in [5, 5.41) is 19.8. The Hall–Kier alpha value is -3.06. The van der Waals surface area contributed by atoms with Gasteiger partial charge in [-0.15, -0.1) is 10.2 Å². The molecule has 0 saturated carbocycles. The minimum absolute atomic E-state index is 0.0944. The Kier molecular flexibility index (Phi) is 5.38. The van der Waals surface area contributed by atoms with Crippen LogP contribution in [0.5, 0.6) is 0 Å². The number of carbonyl (C=O) groups excluding carboxylic acids is 1. The number of aromatic nitrogens is 2. The van der Waals surface area contributed by atoms with Crippen LogP contribution in [-0.4, -0.2) is 26.7 Å². The van der Waals surface area contributed by atoms with Crippen LogP contribution < -0.4 is 0 Å². The SMILES string of the molecule is Cc1ccc(-c2ccc(SCC(=O)c3cccc([N+](=O)[O-])c3)nn2)cc1. The number of ketones is 1. The summed E-state index contributed by atoms with van der Waals surface area (Å²) in [7, 11) is 0. The lowest BCUT2D eigenvalue weighted by atomic mass is 10.1. The van der Waals surface area contributed by atoms with Crippen molar-refractivity contribution in [3.8, 4) is 11.3 Å². The standard InChI is InChI=1S/C19H15N3O3S/c1-13-5-7-14(8-6-13)17-9-10-19(21-20-17)26-12-18(23)15-3-2-4-16(11-15)22(24)25/h2-11H,12H2,1H3. The van der Waals surface area contributed by atoms with E-state index in [0.717, 1.165) is 11.3 Å². The molecule has 0 amide bonds. The molecule has 130 valence electrons. The first-order valence-corrected chi connectivity index (χ1v) is 8.83. The molecule has 3 rings (SSSR count). The molecular formula is C19H15N3O3S. The molecule has 0 spiro atoms. The number of Topliss-reactive ketones (excluding diaryl/α,β-unsaturated/α-hetero) is 1. The van der Waals surface area contributed by atoms with Gasteiger partial charge in [-0.1, -0.05) is 53.7 Å². The maximum atomic E-state index is 12.2. The molecular weight excluding hydrogens is 350 g/mol. The van der Waals surface area contributed by atoms with Crippen molar-refractivity contribution in [1.82, 2.24) is 10.2 Å². The highest BCUT2D eigenvalue weighted by Crippen LogP contribution is 2.22. The van der Waals surface area contributed by atoms with Gasteiger partial charge in [0.05, 0.1) is 16.4 Å². The lowest BCUT2D eigenvalue weighted by Crippen LogP contribution is -2.03. The minimum atomic E-state index is -0.515. The lowest BCUT2D eigenvalue weighted by Gasteiger charge is -2.03. The van der Waals surface area contributed by atoms with Gasteiger partial charge >= 0.3 is 0 Å². The van der Waals surface area contributed by atoms with Crippen LogP contribution in [0, 0.1) is 17.0 Å². The summed E-state index contributed by atoms with van der Waals surface area (Å²) >= 11 is 1.25. The van der Waals surface area contributed by atoms with E-state index in [0.29, 0.717) is 10.6 Å². The van der Waals surface area contributed by atoms with Crippen molar-refractivity contribution in [2.75, 3.05) is 5.75 Å². The Morgan fingerprint density at radius 3 is 2.50 bits per heavy atom. The fourth-order valence-corrected chi connectivity index (χ4v) is 3.00. The Morgan fingerprint density at radius 1 is 1.08 bits per heavy atom. The second-order valence-corrected chi connectivity index (χ2v) is 6.64. The summed E-state index contributed by atoms with van der Waals surface area (Å²) in [6.07, 6.45) is 0. The molecule has 0 aliphatic heterocycles. The Bertz CT molecular complexity index is 941. The summed E-state index contributed by atoms with van der Waals surface area (Å²) < 4.78 is 0. The van der Waals surface area contributed by atoms with E-state index < -0.39 is 4.92 Å². The zero-order chi connectivity index (χ0) is 18.5. The van der Waals surface area contributed by atoms with Crippen LogP contribution in [0.15, 0.2) is 65.7 Å². The molecule has 2 aromatic carbocycles. The highest BCUT2D eigenvalue weighted by atomic mass is 32.2. The highest BCUT2D eigenvalue weighted by Gasteiger charge is 2.12. The number of nitro groups is 1. The summed E-state index contributed by atoms with van der Waals surface area (Å²) in [5.74, 6) is -0.0529. The Morgan fingerprint density at radius 2 is 1.85 bits per heavy atom. The van der Waals surface area contributed by atoms with Gasteiger partial charge in [0, 0.05) is 23.3 Å². The van der Waals surface area contributed by atoms with Gasteiger partial charge in [0.2, 0.25) is 0 Å². The quantitative estimate of drug-likeness (QED) is 0.280. The highest BCUT2D eigenvalue weighted by molar-refractivity contribution is 7.99. The number of aryl methyl sites for hydroxylation is 1. The fraction of sp³-hybridized carbons (Fsp3) is 0.105. The molecule has 0 aliphatic rings. The first-order chi connectivity index (χ1) is 12.5. The van der Waals surface area contributed by atoms with Crippen molar-refractivity contribution < 1.29 is 9.72 Å². The molecule has 0 saturated heterocycles. The van der Waals surface area contributed by atoms with Gasteiger partial charge in [-0.3, -0.25) is 14.9 Å². The van der Waals surface area contributed by atoms with E-state index >= 15 is 0 Å². The van der Waals surface area contributed by atoms with Gasteiger partial charge in [-0.25, -0.2) is 0 Å². The molecule has 0 unspecified atom stereocenters. The second-order valence-electron chi connectivity index (χ2n) is 5.64.